The number of rotatable bonds is 13. The summed E-state index contributed by atoms with van der Waals surface area (Å²) in [6.45, 7) is 2.24. The molecule has 0 spiro atoms. The largest absolute Gasteiger partial charge is 0.375 e. The van der Waals surface area contributed by atoms with Crippen molar-refractivity contribution < 1.29 is 14.2 Å². The van der Waals surface area contributed by atoms with Gasteiger partial charge in [0.05, 0.1) is 0 Å². The lowest BCUT2D eigenvalue weighted by Gasteiger charge is -2.37. The zero-order valence-electron chi connectivity index (χ0n) is 15.1. The van der Waals surface area contributed by atoms with Crippen molar-refractivity contribution in [3.8, 4) is 0 Å². The van der Waals surface area contributed by atoms with E-state index in [2.05, 4.69) is 12.2 Å². The predicted molar refractivity (Wildman–Crippen MR) is 95.6 cm³/mol. The van der Waals surface area contributed by atoms with Crippen molar-refractivity contribution in [2.24, 2.45) is 0 Å². The molecular weight excluding hydrogens is 290 g/mol. The number of hydrogen-bond acceptors (Lipinski definition) is 4. The van der Waals surface area contributed by atoms with Crippen molar-refractivity contribution >= 4 is 5.69 Å². The molecule has 0 heterocycles. The van der Waals surface area contributed by atoms with Crippen molar-refractivity contribution in [2.75, 3.05) is 26.6 Å². The first-order chi connectivity index (χ1) is 11.2. The average molecular weight is 323 g/mol. The highest BCUT2D eigenvalue weighted by atomic mass is 16.9. The molecule has 1 rings (SSSR count). The van der Waals surface area contributed by atoms with E-state index in [4.69, 9.17) is 14.2 Å². The van der Waals surface area contributed by atoms with Crippen LogP contribution in [0.5, 0.6) is 0 Å². The molecule has 1 N–H and O–H groups in total. The van der Waals surface area contributed by atoms with Gasteiger partial charge in [0.15, 0.2) is 0 Å². The summed E-state index contributed by atoms with van der Waals surface area (Å²) in [5.74, 6) is -1.07. The molecule has 1 unspecified atom stereocenters. The standard InChI is InChI=1S/C19H33NO3/c1-5-6-7-8-9-13-16-18(19(21-2,22-3)23-4)20-17-14-11-10-12-15-17/h10-12,14-15,18,20H,5-9,13,16H2,1-4H3. The van der Waals surface area contributed by atoms with E-state index in [9.17, 15) is 0 Å². The van der Waals surface area contributed by atoms with Crippen LogP contribution in [0, 0.1) is 0 Å². The van der Waals surface area contributed by atoms with Crippen molar-refractivity contribution in [2.45, 2.75) is 63.9 Å². The number of unbranched alkanes of at least 4 members (excludes halogenated alkanes) is 5. The summed E-state index contributed by atoms with van der Waals surface area (Å²) in [4.78, 5) is 0. The lowest BCUT2D eigenvalue weighted by atomic mass is 10.0. The Bertz CT molecular complexity index is 385. The third-order valence-corrected chi connectivity index (χ3v) is 4.24. The molecule has 0 radical (unpaired) electrons. The quantitative estimate of drug-likeness (QED) is 0.418. The summed E-state index contributed by atoms with van der Waals surface area (Å²) < 4.78 is 16.7. The van der Waals surface area contributed by atoms with Crippen LogP contribution in [0.25, 0.3) is 0 Å². The highest BCUT2D eigenvalue weighted by Crippen LogP contribution is 2.26. The van der Waals surface area contributed by atoms with Gasteiger partial charge in [-0.25, -0.2) is 0 Å². The van der Waals surface area contributed by atoms with Crippen molar-refractivity contribution in [1.82, 2.24) is 0 Å². The van der Waals surface area contributed by atoms with Crippen LogP contribution in [0.1, 0.15) is 51.9 Å². The van der Waals surface area contributed by atoms with Gasteiger partial charge in [-0.2, -0.15) is 0 Å². The second-order valence-corrected chi connectivity index (χ2v) is 5.84. The fourth-order valence-corrected chi connectivity index (χ4v) is 2.88. The Morgan fingerprint density at radius 2 is 1.43 bits per heavy atom. The van der Waals surface area contributed by atoms with Crippen LogP contribution in [-0.4, -0.2) is 33.3 Å². The van der Waals surface area contributed by atoms with Gasteiger partial charge in [0.2, 0.25) is 0 Å². The van der Waals surface area contributed by atoms with E-state index < -0.39 is 5.97 Å². The van der Waals surface area contributed by atoms with Crippen molar-refractivity contribution in [3.63, 3.8) is 0 Å². The highest BCUT2D eigenvalue weighted by molar-refractivity contribution is 5.43. The monoisotopic (exact) mass is 323 g/mol. The molecule has 0 amide bonds. The Morgan fingerprint density at radius 1 is 0.870 bits per heavy atom. The number of nitrogens with one attached hydrogen (secondary N) is 1. The van der Waals surface area contributed by atoms with E-state index in [0.717, 1.165) is 18.5 Å². The van der Waals surface area contributed by atoms with Gasteiger partial charge < -0.3 is 19.5 Å². The molecule has 1 atom stereocenters. The maximum absolute atomic E-state index is 5.56. The first kappa shape index (κ1) is 19.9. The molecule has 132 valence electrons. The molecule has 0 fully saturated rings. The zero-order valence-corrected chi connectivity index (χ0v) is 15.1. The summed E-state index contributed by atoms with van der Waals surface area (Å²) in [5.41, 5.74) is 1.04. The first-order valence-corrected chi connectivity index (χ1v) is 8.69. The van der Waals surface area contributed by atoms with E-state index in [1.807, 2.05) is 30.3 Å². The van der Waals surface area contributed by atoms with Gasteiger partial charge in [0.25, 0.3) is 0 Å². The molecule has 0 saturated carbocycles. The zero-order chi connectivity index (χ0) is 17.0. The lowest BCUT2D eigenvalue weighted by Crippen LogP contribution is -2.51. The van der Waals surface area contributed by atoms with Gasteiger partial charge in [-0.15, -0.1) is 0 Å². The molecule has 0 saturated heterocycles. The highest BCUT2D eigenvalue weighted by Gasteiger charge is 2.39. The normalized spacial score (nSPS) is 13.0. The average Bonchev–Trinajstić information content (AvgIpc) is 2.60. The summed E-state index contributed by atoms with van der Waals surface area (Å²) in [5, 5.41) is 3.50. The third kappa shape index (κ3) is 6.50. The fourth-order valence-electron chi connectivity index (χ4n) is 2.88. The Kier molecular flexibility index (Phi) is 9.92. The molecule has 23 heavy (non-hydrogen) atoms. The molecule has 1 aromatic carbocycles. The lowest BCUT2D eigenvalue weighted by molar-refractivity contribution is -0.359. The summed E-state index contributed by atoms with van der Waals surface area (Å²) in [7, 11) is 4.86. The topological polar surface area (TPSA) is 39.7 Å². The van der Waals surface area contributed by atoms with Gasteiger partial charge in [0, 0.05) is 27.0 Å². The first-order valence-electron chi connectivity index (χ1n) is 8.69. The van der Waals surface area contributed by atoms with Crippen LogP contribution < -0.4 is 5.32 Å². The molecular formula is C19H33NO3. The van der Waals surface area contributed by atoms with E-state index in [1.165, 1.54) is 32.1 Å². The van der Waals surface area contributed by atoms with Gasteiger partial charge in [-0.1, -0.05) is 63.6 Å². The van der Waals surface area contributed by atoms with Gasteiger partial charge in [0.1, 0.15) is 6.04 Å². The second-order valence-electron chi connectivity index (χ2n) is 5.84. The Balaban J connectivity index is 2.64. The molecule has 0 aromatic heterocycles. The van der Waals surface area contributed by atoms with Gasteiger partial charge >= 0.3 is 5.97 Å². The van der Waals surface area contributed by atoms with Crippen molar-refractivity contribution in [1.29, 1.82) is 0 Å². The number of hydrogen-bond donors (Lipinski definition) is 1. The smallest absolute Gasteiger partial charge is 0.303 e. The van der Waals surface area contributed by atoms with Crippen LogP contribution in [0.15, 0.2) is 30.3 Å². The molecule has 0 aliphatic heterocycles. The number of benzene rings is 1. The Morgan fingerprint density at radius 3 is 2.00 bits per heavy atom. The van der Waals surface area contributed by atoms with Crippen LogP contribution >= 0.6 is 0 Å². The van der Waals surface area contributed by atoms with E-state index in [1.54, 1.807) is 21.3 Å². The summed E-state index contributed by atoms with van der Waals surface area (Å²) in [6, 6.07) is 10.0. The van der Waals surface area contributed by atoms with Crippen molar-refractivity contribution in [3.05, 3.63) is 30.3 Å². The third-order valence-electron chi connectivity index (χ3n) is 4.24. The Labute approximate surface area is 141 Å². The molecule has 0 aliphatic rings. The number of methoxy groups -OCH3 is 3. The van der Waals surface area contributed by atoms with Crippen LogP contribution in [-0.2, 0) is 14.2 Å². The summed E-state index contributed by atoms with van der Waals surface area (Å²) >= 11 is 0. The fraction of sp³-hybridized carbons (Fsp3) is 0.684. The second kappa shape index (κ2) is 11.4. The van der Waals surface area contributed by atoms with Crippen LogP contribution in [0.3, 0.4) is 0 Å². The molecule has 1 aromatic rings. The van der Waals surface area contributed by atoms with Crippen LogP contribution in [0.2, 0.25) is 0 Å². The molecule has 0 bridgehead atoms. The molecule has 4 heteroatoms. The molecule has 0 aliphatic carbocycles. The van der Waals surface area contributed by atoms with E-state index >= 15 is 0 Å². The number of para-hydroxylation sites is 1. The maximum atomic E-state index is 5.56. The minimum atomic E-state index is -1.07. The van der Waals surface area contributed by atoms with E-state index in [0.29, 0.717) is 0 Å². The maximum Gasteiger partial charge on any atom is 0.303 e. The van der Waals surface area contributed by atoms with Gasteiger partial charge in [-0.05, 0) is 18.6 Å². The molecule has 4 nitrogen and oxygen atoms in total. The number of ether oxygens (including phenoxy) is 3. The SMILES string of the molecule is CCCCCCCCC(Nc1ccccc1)C(OC)(OC)OC. The Hall–Kier alpha value is -1.10. The summed E-state index contributed by atoms with van der Waals surface area (Å²) in [6.07, 6.45) is 8.47. The number of anilines is 1. The predicted octanol–water partition coefficient (Wildman–Crippen LogP) is 4.81. The van der Waals surface area contributed by atoms with Crippen LogP contribution in [0.4, 0.5) is 5.69 Å². The van der Waals surface area contributed by atoms with E-state index in [-0.39, 0.29) is 6.04 Å². The van der Waals surface area contributed by atoms with Gasteiger partial charge in [-0.3, -0.25) is 0 Å². The minimum Gasteiger partial charge on any atom is -0.375 e. The minimum absolute atomic E-state index is 0.0731.